The number of hydrogen-bond acceptors (Lipinski definition) is 6. The minimum absolute atomic E-state index is 0.00955. The molecule has 2 aliphatic rings. The molecule has 2 aromatic carbocycles. The molecule has 0 bridgehead atoms. The molecular formula is C31H36N4O4. The van der Waals surface area contributed by atoms with E-state index in [1.165, 1.54) is 5.56 Å². The van der Waals surface area contributed by atoms with Gasteiger partial charge in [-0.15, -0.1) is 0 Å². The quantitative estimate of drug-likeness (QED) is 0.433. The number of ether oxygens (including phenoxy) is 2. The van der Waals surface area contributed by atoms with Crippen molar-refractivity contribution in [1.29, 1.82) is 0 Å². The van der Waals surface area contributed by atoms with E-state index in [0.29, 0.717) is 18.2 Å². The second-order valence-corrected chi connectivity index (χ2v) is 10.3. The lowest BCUT2D eigenvalue weighted by Crippen LogP contribution is -2.46. The molecule has 5 rings (SSSR count). The van der Waals surface area contributed by atoms with Crippen molar-refractivity contribution >= 4 is 12.0 Å². The number of pyridine rings is 1. The summed E-state index contributed by atoms with van der Waals surface area (Å²) >= 11 is 0. The number of carbonyl (C=O) groups excluding carboxylic acids is 2. The van der Waals surface area contributed by atoms with Gasteiger partial charge in [0.1, 0.15) is 12.4 Å². The summed E-state index contributed by atoms with van der Waals surface area (Å²) in [5.74, 6) is 0.985. The number of aromatic nitrogens is 1. The van der Waals surface area contributed by atoms with E-state index >= 15 is 0 Å². The predicted molar refractivity (Wildman–Crippen MR) is 149 cm³/mol. The zero-order chi connectivity index (χ0) is 27.4. The van der Waals surface area contributed by atoms with Gasteiger partial charge < -0.3 is 14.8 Å². The van der Waals surface area contributed by atoms with Crippen LogP contribution in [0.4, 0.5) is 4.79 Å². The third-order valence-corrected chi connectivity index (χ3v) is 7.85. The average molecular weight is 529 g/mol. The highest BCUT2D eigenvalue weighted by Gasteiger charge is 2.40. The molecular weight excluding hydrogens is 492 g/mol. The van der Waals surface area contributed by atoms with Crippen molar-refractivity contribution < 1.29 is 19.1 Å². The van der Waals surface area contributed by atoms with E-state index in [-0.39, 0.29) is 30.0 Å². The molecule has 0 radical (unpaired) electrons. The van der Waals surface area contributed by atoms with Gasteiger partial charge in [-0.25, -0.2) is 9.78 Å². The van der Waals surface area contributed by atoms with Gasteiger partial charge >= 0.3 is 6.09 Å². The molecule has 8 heteroatoms. The molecule has 2 amide bonds. The number of nitrogens with one attached hydrogen (secondary N) is 1. The first-order valence-electron chi connectivity index (χ1n) is 13.6. The van der Waals surface area contributed by atoms with E-state index in [1.807, 2.05) is 67.3 Å². The second kappa shape index (κ2) is 11.9. The molecule has 8 nitrogen and oxygen atoms in total. The normalized spacial score (nSPS) is 19.0. The van der Waals surface area contributed by atoms with E-state index in [4.69, 9.17) is 9.47 Å². The topological polar surface area (TPSA) is 84.0 Å². The van der Waals surface area contributed by atoms with Gasteiger partial charge in [-0.3, -0.25) is 14.6 Å². The molecule has 2 atom stereocenters. The Hall–Kier alpha value is -3.91. The minimum Gasteiger partial charge on any atom is -0.447 e. The fourth-order valence-electron chi connectivity index (χ4n) is 5.47. The Morgan fingerprint density at radius 2 is 1.79 bits per heavy atom. The van der Waals surface area contributed by atoms with Crippen molar-refractivity contribution in [1.82, 2.24) is 20.1 Å². The number of carbonyl (C=O) groups is 2. The zero-order valence-corrected chi connectivity index (χ0v) is 22.8. The summed E-state index contributed by atoms with van der Waals surface area (Å²) in [4.78, 5) is 33.5. The van der Waals surface area contributed by atoms with Crippen LogP contribution < -0.4 is 10.1 Å². The molecule has 2 unspecified atom stereocenters. The Morgan fingerprint density at radius 3 is 2.46 bits per heavy atom. The number of nitrogens with zero attached hydrogens (tertiary/aromatic N) is 3. The molecule has 3 heterocycles. The lowest BCUT2D eigenvalue weighted by Gasteiger charge is -2.38. The molecule has 2 saturated heterocycles. The molecule has 0 spiro atoms. The lowest BCUT2D eigenvalue weighted by molar-refractivity contribution is -0.121. The van der Waals surface area contributed by atoms with Crippen molar-refractivity contribution in [2.24, 2.45) is 0 Å². The highest BCUT2D eigenvalue weighted by molar-refractivity contribution is 5.82. The number of likely N-dealkylation sites (tertiary alicyclic amines) is 1. The lowest BCUT2D eigenvalue weighted by atomic mass is 9.98. The van der Waals surface area contributed by atoms with Crippen LogP contribution in [0.15, 0.2) is 66.7 Å². The SMILES string of the molecule is CNC(=O)C(C)c1ccc(Oc2ccc(CN3CCC(N4C(=O)OCC4c4ccccc4)CC3)c(C)n2)cc1. The summed E-state index contributed by atoms with van der Waals surface area (Å²) in [7, 11) is 1.64. The molecule has 1 N–H and O–H groups in total. The summed E-state index contributed by atoms with van der Waals surface area (Å²) < 4.78 is 11.4. The van der Waals surface area contributed by atoms with Crippen LogP contribution in [0.5, 0.6) is 11.6 Å². The first kappa shape index (κ1) is 26.7. The van der Waals surface area contributed by atoms with Gasteiger partial charge in [0.15, 0.2) is 0 Å². The molecule has 1 aromatic heterocycles. The predicted octanol–water partition coefficient (Wildman–Crippen LogP) is 5.19. The van der Waals surface area contributed by atoms with Gasteiger partial charge in [0, 0.05) is 44.5 Å². The van der Waals surface area contributed by atoms with Gasteiger partial charge in [0.2, 0.25) is 11.8 Å². The van der Waals surface area contributed by atoms with E-state index < -0.39 is 0 Å². The molecule has 2 fully saturated rings. The van der Waals surface area contributed by atoms with E-state index in [1.54, 1.807) is 7.05 Å². The summed E-state index contributed by atoms with van der Waals surface area (Å²) in [6.07, 6.45) is 1.63. The molecule has 3 aromatic rings. The van der Waals surface area contributed by atoms with Crippen LogP contribution in [0.2, 0.25) is 0 Å². The highest BCUT2D eigenvalue weighted by Crippen LogP contribution is 2.33. The van der Waals surface area contributed by atoms with Crippen LogP contribution in [-0.4, -0.2) is 59.6 Å². The van der Waals surface area contributed by atoms with Gasteiger partial charge in [-0.1, -0.05) is 48.5 Å². The van der Waals surface area contributed by atoms with Crippen LogP contribution in [0.3, 0.4) is 0 Å². The van der Waals surface area contributed by atoms with Crippen molar-refractivity contribution in [2.45, 2.75) is 51.2 Å². The molecule has 2 aliphatic heterocycles. The van der Waals surface area contributed by atoms with Crippen LogP contribution in [0.1, 0.15) is 54.1 Å². The monoisotopic (exact) mass is 528 g/mol. The smallest absolute Gasteiger partial charge is 0.410 e. The highest BCUT2D eigenvalue weighted by atomic mass is 16.6. The summed E-state index contributed by atoms with van der Waals surface area (Å²) in [6.45, 7) is 6.94. The Labute approximate surface area is 229 Å². The number of amides is 2. The number of likely N-dealkylation sites (N-methyl/N-ethyl adjacent to an activating group) is 1. The Bertz CT molecular complexity index is 1290. The summed E-state index contributed by atoms with van der Waals surface area (Å²) in [6, 6.07) is 21.9. The Balaban J connectivity index is 1.16. The van der Waals surface area contributed by atoms with Gasteiger partial charge in [-0.05, 0) is 55.5 Å². The number of cyclic esters (lactones) is 1. The van der Waals surface area contributed by atoms with E-state index in [0.717, 1.165) is 49.3 Å². The minimum atomic E-state index is -0.219. The number of piperidine rings is 1. The number of rotatable bonds is 8. The molecule has 0 aliphatic carbocycles. The van der Waals surface area contributed by atoms with Crippen LogP contribution in [0.25, 0.3) is 0 Å². The maximum Gasteiger partial charge on any atom is 0.410 e. The van der Waals surface area contributed by atoms with Gasteiger partial charge in [0.05, 0.1) is 12.0 Å². The summed E-state index contributed by atoms with van der Waals surface area (Å²) in [5, 5.41) is 2.68. The van der Waals surface area contributed by atoms with Crippen molar-refractivity contribution in [3.63, 3.8) is 0 Å². The van der Waals surface area contributed by atoms with Crippen LogP contribution in [-0.2, 0) is 16.1 Å². The van der Waals surface area contributed by atoms with Crippen molar-refractivity contribution in [3.05, 3.63) is 89.1 Å². The van der Waals surface area contributed by atoms with Gasteiger partial charge in [-0.2, -0.15) is 0 Å². The maximum absolute atomic E-state index is 12.6. The maximum atomic E-state index is 12.6. The van der Waals surface area contributed by atoms with Crippen LogP contribution in [0, 0.1) is 6.92 Å². The Kier molecular flexibility index (Phi) is 8.12. The third-order valence-electron chi connectivity index (χ3n) is 7.85. The molecule has 0 saturated carbocycles. The molecule has 204 valence electrons. The fraction of sp³-hybridized carbons (Fsp3) is 0.387. The number of aryl methyl sites for hydroxylation is 1. The standard InChI is InChI=1S/C31H36N4O4/c1-21(30(36)32-3)23-9-12-27(13-10-23)39-29-14-11-25(22(2)33-29)19-34-17-15-26(16-18-34)35-28(20-38-31(35)37)24-7-5-4-6-8-24/h4-14,21,26,28H,15-20H2,1-3H3,(H,32,36). The van der Waals surface area contributed by atoms with Crippen molar-refractivity contribution in [2.75, 3.05) is 26.7 Å². The summed E-state index contributed by atoms with van der Waals surface area (Å²) in [5.41, 5.74) is 4.16. The van der Waals surface area contributed by atoms with E-state index in [2.05, 4.69) is 33.4 Å². The third kappa shape index (κ3) is 6.06. The number of hydrogen-bond donors (Lipinski definition) is 1. The number of benzene rings is 2. The Morgan fingerprint density at radius 1 is 1.08 bits per heavy atom. The van der Waals surface area contributed by atoms with Gasteiger partial charge in [0.25, 0.3) is 0 Å². The zero-order valence-electron chi connectivity index (χ0n) is 22.8. The fourth-order valence-corrected chi connectivity index (χ4v) is 5.47. The molecule has 39 heavy (non-hydrogen) atoms. The first-order valence-corrected chi connectivity index (χ1v) is 13.6. The van der Waals surface area contributed by atoms with Crippen molar-refractivity contribution in [3.8, 4) is 11.6 Å². The second-order valence-electron chi connectivity index (χ2n) is 10.3. The average Bonchev–Trinajstić information content (AvgIpc) is 3.36. The van der Waals surface area contributed by atoms with E-state index in [9.17, 15) is 9.59 Å². The van der Waals surface area contributed by atoms with Crippen LogP contribution >= 0.6 is 0 Å². The first-order chi connectivity index (χ1) is 18.9. The largest absolute Gasteiger partial charge is 0.447 e.